The number of aromatic nitrogens is 5. The van der Waals surface area contributed by atoms with Crippen LogP contribution in [0.25, 0.3) is 72.7 Å². The number of hydrogen-bond acceptors (Lipinski definition) is 2. The van der Waals surface area contributed by atoms with Crippen molar-refractivity contribution in [3.63, 3.8) is 0 Å². The first-order valence-corrected chi connectivity index (χ1v) is 16.7. The summed E-state index contributed by atoms with van der Waals surface area (Å²) in [6.07, 6.45) is 5.34. The van der Waals surface area contributed by atoms with Gasteiger partial charge in [-0.25, -0.2) is 0 Å². The van der Waals surface area contributed by atoms with Crippen LogP contribution in [0.3, 0.4) is 0 Å². The second-order valence-corrected chi connectivity index (χ2v) is 12.2. The van der Waals surface area contributed by atoms with Crippen LogP contribution < -0.4 is 9.30 Å². The van der Waals surface area contributed by atoms with E-state index >= 15 is 0 Å². The Kier molecular flexibility index (Phi) is 6.12. The number of aryl methyl sites for hydroxylation is 1. The molecule has 0 atom stereocenters. The molecular formula is C47H31N5OPt-2. The first kappa shape index (κ1) is 23.9. The van der Waals surface area contributed by atoms with Crippen LogP contribution in [0.2, 0.25) is 0 Å². The van der Waals surface area contributed by atoms with Crippen molar-refractivity contribution in [1.29, 1.82) is 0 Å². The van der Waals surface area contributed by atoms with Crippen molar-refractivity contribution >= 4 is 27.8 Å². The van der Waals surface area contributed by atoms with Gasteiger partial charge in [-0.05, 0) is 46.3 Å². The zero-order valence-corrected chi connectivity index (χ0v) is 30.6. The molecule has 6 nitrogen and oxygen atoms in total. The van der Waals surface area contributed by atoms with Gasteiger partial charge in [0.15, 0.2) is 0 Å². The monoisotopic (exact) mass is 886 g/mol. The molecule has 10 rings (SSSR count). The number of ether oxygens (including phenoxy) is 1. The normalized spacial score (nSPS) is 13.9. The molecule has 0 radical (unpaired) electrons. The van der Waals surface area contributed by atoms with Crippen molar-refractivity contribution in [2.45, 2.75) is 0 Å². The van der Waals surface area contributed by atoms with Gasteiger partial charge in [0.2, 0.25) is 5.78 Å². The van der Waals surface area contributed by atoms with Gasteiger partial charge in [0.05, 0.1) is 41.5 Å². The van der Waals surface area contributed by atoms with Crippen LogP contribution in [0.15, 0.2) is 170 Å². The van der Waals surface area contributed by atoms with Gasteiger partial charge in [0, 0.05) is 45.3 Å². The Morgan fingerprint density at radius 1 is 0.648 bits per heavy atom. The largest absolute Gasteiger partial charge is 0.503 e. The molecule has 7 heteroatoms. The van der Waals surface area contributed by atoms with Gasteiger partial charge >= 0.3 is 0 Å². The van der Waals surface area contributed by atoms with Gasteiger partial charge < -0.3 is 13.9 Å². The topological polar surface area (TPSA) is 40.3 Å². The summed E-state index contributed by atoms with van der Waals surface area (Å²) in [5, 5.41) is 0. The summed E-state index contributed by atoms with van der Waals surface area (Å²) in [4.78, 5) is 4.90. The van der Waals surface area contributed by atoms with Gasteiger partial charge in [0.25, 0.3) is 6.33 Å². The second-order valence-electron chi connectivity index (χ2n) is 12.2. The third-order valence-electron chi connectivity index (χ3n) is 9.11. The van der Waals surface area contributed by atoms with E-state index < -0.39 is 60.4 Å². The summed E-state index contributed by atoms with van der Waals surface area (Å²) in [6, 6.07) is 32.4. The number of rotatable bonds is 7. The first-order chi connectivity index (χ1) is 30.3. The molecule has 0 amide bonds. The van der Waals surface area contributed by atoms with Crippen molar-refractivity contribution < 1.29 is 44.1 Å². The Bertz CT molecular complexity index is 3400. The molecule has 0 fully saturated rings. The molecule has 0 aliphatic carbocycles. The Labute approximate surface area is 341 Å². The molecule has 0 saturated carbocycles. The SMILES string of the molecule is [2H]c1c([2H])c([2H])c(-c2cccc(-c3c([2H])c([2H])c([2H])c([2H])c3[2H])c2-[n+]2[c-]n(-c3[c-]c(Oc4[c-]c(-c5cn6c7ccccc7n(C)c6n5)ccc4)ccc3)c3ccccc32)c([2H])c1[2H].[Pt]. The third kappa shape index (κ3) is 5.72. The number of para-hydroxylation sites is 5. The molecule has 0 spiro atoms. The van der Waals surface area contributed by atoms with Crippen molar-refractivity contribution in [3.8, 4) is 56.4 Å². The fraction of sp³-hybridized carbons (Fsp3) is 0.0213. The van der Waals surface area contributed by atoms with Crippen LogP contribution >= 0.6 is 0 Å². The van der Waals surface area contributed by atoms with Gasteiger partial charge in [-0.15, -0.1) is 35.9 Å². The fourth-order valence-corrected chi connectivity index (χ4v) is 6.74. The minimum Gasteiger partial charge on any atom is -0.503 e. The van der Waals surface area contributed by atoms with Crippen LogP contribution in [-0.2, 0) is 28.1 Å². The predicted molar refractivity (Wildman–Crippen MR) is 209 cm³/mol. The number of nitrogens with zero attached hydrogens (tertiary/aromatic N) is 5. The van der Waals surface area contributed by atoms with E-state index in [2.05, 4.69) is 18.5 Å². The minimum absolute atomic E-state index is 0. The van der Waals surface area contributed by atoms with E-state index in [1.165, 1.54) is 0 Å². The van der Waals surface area contributed by atoms with Crippen molar-refractivity contribution in [2.24, 2.45) is 7.05 Å². The zero-order valence-electron chi connectivity index (χ0n) is 38.4. The Hall–Kier alpha value is -6.49. The van der Waals surface area contributed by atoms with E-state index in [-0.39, 0.29) is 49.0 Å². The fourth-order valence-electron chi connectivity index (χ4n) is 6.74. The number of hydrogen-bond donors (Lipinski definition) is 0. The van der Waals surface area contributed by atoms with E-state index in [0.29, 0.717) is 28.2 Å². The average Bonchev–Trinajstić information content (AvgIpc) is 3.99. The second kappa shape index (κ2) is 13.8. The standard InChI is InChI=1S/C47H31N5O.Pt/c1-49-42-25-8-9-26-43(42)50-31-41(48-47(49)50)35-19-12-21-37(29-35)53-38-22-13-20-36(30-38)51-32-52(45-28-11-10-27-44(45)51)46-39(33-15-4-2-5-16-33)23-14-24-40(46)34-17-6-3-7-18-34;/h2-28,31H,1H3;/q-2;/i2D,3D,4D,5D,6D,7D,15D,16D,17D,18D;. The van der Waals surface area contributed by atoms with Crippen LogP contribution in [0.4, 0.5) is 0 Å². The molecule has 0 aliphatic rings. The molecule has 10 aromatic rings. The summed E-state index contributed by atoms with van der Waals surface area (Å²) in [5.41, 5.74) is 5.38. The minimum atomic E-state index is -0.571. The summed E-state index contributed by atoms with van der Waals surface area (Å²) >= 11 is 0. The van der Waals surface area contributed by atoms with Crippen LogP contribution in [0.5, 0.6) is 11.5 Å². The molecule has 0 aliphatic heterocycles. The number of benzene rings is 7. The summed E-state index contributed by atoms with van der Waals surface area (Å²) in [5.74, 6) is 1.57. The quantitative estimate of drug-likeness (QED) is 0.118. The average molecular weight is 887 g/mol. The summed E-state index contributed by atoms with van der Waals surface area (Å²) in [6.45, 7) is 0. The van der Waals surface area contributed by atoms with E-state index in [1.807, 2.05) is 70.7 Å². The maximum Gasteiger partial charge on any atom is 0.268 e. The molecule has 0 N–H and O–H groups in total. The van der Waals surface area contributed by atoms with Gasteiger partial charge in [-0.3, -0.25) is 14.0 Å². The number of fused-ring (bicyclic) bond motifs is 4. The first-order valence-electron chi connectivity index (χ1n) is 21.7. The van der Waals surface area contributed by atoms with Crippen LogP contribution in [0.1, 0.15) is 13.7 Å². The Morgan fingerprint density at radius 3 is 1.98 bits per heavy atom. The van der Waals surface area contributed by atoms with Gasteiger partial charge in [0.1, 0.15) is 0 Å². The maximum atomic E-state index is 8.94. The van der Waals surface area contributed by atoms with Crippen molar-refractivity contribution in [3.05, 3.63) is 188 Å². The molecule has 0 bridgehead atoms. The number of imidazole rings is 3. The van der Waals surface area contributed by atoms with Crippen molar-refractivity contribution in [1.82, 2.24) is 18.5 Å². The van der Waals surface area contributed by atoms with Crippen LogP contribution in [-0.4, -0.2) is 18.5 Å². The Morgan fingerprint density at radius 2 is 1.26 bits per heavy atom. The van der Waals surface area contributed by atoms with E-state index in [1.54, 1.807) is 63.7 Å². The molecule has 7 aromatic carbocycles. The third-order valence-corrected chi connectivity index (χ3v) is 9.11. The van der Waals surface area contributed by atoms with Crippen molar-refractivity contribution in [2.75, 3.05) is 0 Å². The molecule has 3 aromatic heterocycles. The molecule has 54 heavy (non-hydrogen) atoms. The Balaban J connectivity index is 0.00000518. The van der Waals surface area contributed by atoms with E-state index in [0.717, 1.165) is 28.1 Å². The smallest absolute Gasteiger partial charge is 0.268 e. The molecule has 262 valence electrons. The molecule has 0 saturated heterocycles. The molecule has 3 heterocycles. The van der Waals surface area contributed by atoms with E-state index in [9.17, 15) is 0 Å². The summed E-state index contributed by atoms with van der Waals surface area (Å²) in [7, 11) is 1.98. The van der Waals surface area contributed by atoms with E-state index in [4.69, 9.17) is 23.4 Å². The maximum absolute atomic E-state index is 8.94. The molecule has 0 unspecified atom stereocenters. The molecular weight excluding hydrogens is 846 g/mol. The van der Waals surface area contributed by atoms with Crippen LogP contribution in [0, 0.1) is 18.5 Å². The zero-order chi connectivity index (χ0) is 44.0. The predicted octanol–water partition coefficient (Wildman–Crippen LogP) is 10.2. The van der Waals surface area contributed by atoms with Gasteiger partial charge in [-0.1, -0.05) is 121 Å². The summed E-state index contributed by atoms with van der Waals surface area (Å²) < 4.78 is 100. The van der Waals surface area contributed by atoms with Gasteiger partial charge in [-0.2, -0.15) is 12.1 Å².